The maximum atomic E-state index is 12.8. The van der Waals surface area contributed by atoms with Crippen molar-refractivity contribution < 1.29 is 19.4 Å². The molecule has 1 N–H and O–H groups in total. The zero-order valence-corrected chi connectivity index (χ0v) is 20.1. The van der Waals surface area contributed by atoms with E-state index in [9.17, 15) is 14.7 Å². The summed E-state index contributed by atoms with van der Waals surface area (Å²) in [6.07, 6.45) is 5.19. The number of Topliss-reactive ketones (excluding diaryl/α,β-unsaturated/α-hetero) is 1. The van der Waals surface area contributed by atoms with Crippen LogP contribution in [-0.4, -0.2) is 16.9 Å². The molecule has 0 aliphatic heterocycles. The van der Waals surface area contributed by atoms with Crippen molar-refractivity contribution in [3.05, 3.63) is 63.1 Å². The van der Waals surface area contributed by atoms with E-state index in [4.69, 9.17) is 27.9 Å². The van der Waals surface area contributed by atoms with Crippen LogP contribution in [0.25, 0.3) is 0 Å². The molecule has 4 nitrogen and oxygen atoms in total. The van der Waals surface area contributed by atoms with E-state index in [2.05, 4.69) is 6.92 Å². The molecule has 32 heavy (non-hydrogen) atoms. The predicted molar refractivity (Wildman–Crippen MR) is 127 cm³/mol. The number of hydrogen-bond donors (Lipinski definition) is 1. The third-order valence-electron chi connectivity index (χ3n) is 6.22. The summed E-state index contributed by atoms with van der Waals surface area (Å²) < 4.78 is 5.46. The molecule has 2 aromatic rings. The first-order valence-corrected chi connectivity index (χ1v) is 12.0. The van der Waals surface area contributed by atoms with Gasteiger partial charge >= 0.3 is 5.97 Å². The van der Waals surface area contributed by atoms with Gasteiger partial charge in [-0.1, -0.05) is 56.0 Å². The minimum atomic E-state index is -0.240. The van der Waals surface area contributed by atoms with Gasteiger partial charge in [0.05, 0.1) is 5.92 Å². The molecule has 3 rings (SSSR count). The first-order valence-electron chi connectivity index (χ1n) is 11.2. The third kappa shape index (κ3) is 6.49. The van der Waals surface area contributed by atoms with Crippen molar-refractivity contribution >= 4 is 35.0 Å². The Balaban J connectivity index is 1.50. The molecule has 0 saturated heterocycles. The Hall–Kier alpha value is -2.04. The highest BCUT2D eigenvalue weighted by Crippen LogP contribution is 2.35. The molecule has 0 heterocycles. The van der Waals surface area contributed by atoms with Gasteiger partial charge < -0.3 is 9.84 Å². The second kappa shape index (κ2) is 11.2. The molecule has 0 amide bonds. The molecule has 3 unspecified atom stereocenters. The molecule has 1 aliphatic rings. The van der Waals surface area contributed by atoms with Crippen molar-refractivity contribution in [3.63, 3.8) is 0 Å². The van der Waals surface area contributed by atoms with Gasteiger partial charge in [-0.3, -0.25) is 9.59 Å². The third-order valence-corrected chi connectivity index (χ3v) is 6.66. The molecule has 0 radical (unpaired) electrons. The van der Waals surface area contributed by atoms with Crippen LogP contribution in [0.5, 0.6) is 5.75 Å². The van der Waals surface area contributed by atoms with E-state index in [0.717, 1.165) is 43.2 Å². The fraction of sp³-hybridized carbons (Fsp3) is 0.462. The van der Waals surface area contributed by atoms with Gasteiger partial charge in [-0.25, -0.2) is 0 Å². The zero-order valence-electron chi connectivity index (χ0n) is 18.6. The summed E-state index contributed by atoms with van der Waals surface area (Å²) in [5, 5.41) is 10.7. The summed E-state index contributed by atoms with van der Waals surface area (Å²) in [6, 6.07) is 10.2. The Kier molecular flexibility index (Phi) is 8.61. The molecular weight excluding hydrogens is 447 g/mol. The van der Waals surface area contributed by atoms with Gasteiger partial charge in [-0.2, -0.15) is 0 Å². The molecule has 0 aromatic heterocycles. The fourth-order valence-electron chi connectivity index (χ4n) is 4.53. The normalized spacial score (nSPS) is 17.1. The number of halogens is 2. The van der Waals surface area contributed by atoms with Gasteiger partial charge in [0.2, 0.25) is 0 Å². The van der Waals surface area contributed by atoms with Crippen molar-refractivity contribution in [1.82, 2.24) is 0 Å². The number of phenolic OH excluding ortho intramolecular Hbond substituents is 1. The number of benzene rings is 2. The molecule has 2 aromatic carbocycles. The Bertz CT molecular complexity index is 952. The highest BCUT2D eigenvalue weighted by atomic mass is 35.5. The van der Waals surface area contributed by atoms with E-state index in [1.54, 1.807) is 30.3 Å². The maximum Gasteiger partial charge on any atom is 0.308 e. The monoisotopic (exact) mass is 476 g/mol. The summed E-state index contributed by atoms with van der Waals surface area (Å²) in [5.74, 6) is 0.130. The van der Waals surface area contributed by atoms with Crippen LogP contribution < -0.4 is 0 Å². The van der Waals surface area contributed by atoms with E-state index in [0.29, 0.717) is 27.9 Å². The molecule has 3 atom stereocenters. The SMILES string of the molecule is CCCC(CCC(C)C(=O)OCc1cc(Cl)cc(Cl)c1)CC1Cc2ccc(O)cc2C1=O. The van der Waals surface area contributed by atoms with Gasteiger partial charge in [0.1, 0.15) is 12.4 Å². The summed E-state index contributed by atoms with van der Waals surface area (Å²) in [7, 11) is 0. The van der Waals surface area contributed by atoms with Crippen molar-refractivity contribution in [3.8, 4) is 5.75 Å². The second-order valence-corrected chi connectivity index (χ2v) is 9.73. The van der Waals surface area contributed by atoms with Crippen LogP contribution >= 0.6 is 23.2 Å². The number of ether oxygens (including phenoxy) is 1. The van der Waals surface area contributed by atoms with Crippen LogP contribution in [0.3, 0.4) is 0 Å². The molecular formula is C26H30Cl2O4. The number of aromatic hydroxyl groups is 1. The summed E-state index contributed by atoms with van der Waals surface area (Å²) in [6.45, 7) is 4.17. The predicted octanol–water partition coefficient (Wildman–Crippen LogP) is 7.02. The minimum absolute atomic E-state index is 0.0433. The van der Waals surface area contributed by atoms with Crippen LogP contribution in [0.1, 0.15) is 67.4 Å². The van der Waals surface area contributed by atoms with Gasteiger partial charge in [-0.15, -0.1) is 0 Å². The standard InChI is InChI=1S/C26H30Cl2O4/c1-3-4-17(9-20-12-19-7-8-23(29)14-24(19)25(20)30)6-5-16(2)26(31)32-15-18-10-21(27)13-22(28)11-18/h7-8,10-11,13-14,16-17,20,29H,3-6,9,12,15H2,1-2H3. The van der Waals surface area contributed by atoms with E-state index >= 15 is 0 Å². The largest absolute Gasteiger partial charge is 0.508 e. The van der Waals surface area contributed by atoms with E-state index in [1.165, 1.54) is 0 Å². The second-order valence-electron chi connectivity index (χ2n) is 8.86. The van der Waals surface area contributed by atoms with Crippen LogP contribution in [0.2, 0.25) is 10.0 Å². The number of rotatable bonds is 10. The first kappa shape index (κ1) is 24.6. The van der Waals surface area contributed by atoms with Crippen molar-refractivity contribution in [2.45, 2.75) is 59.0 Å². The Morgan fingerprint density at radius 3 is 2.53 bits per heavy atom. The van der Waals surface area contributed by atoms with Gasteiger partial charge in [-0.05, 0) is 73.1 Å². The maximum absolute atomic E-state index is 12.8. The lowest BCUT2D eigenvalue weighted by Gasteiger charge is -2.21. The minimum Gasteiger partial charge on any atom is -0.508 e. The van der Waals surface area contributed by atoms with Crippen LogP contribution in [0.4, 0.5) is 0 Å². The van der Waals surface area contributed by atoms with E-state index in [-0.39, 0.29) is 35.9 Å². The highest BCUT2D eigenvalue weighted by Gasteiger charge is 2.32. The molecule has 1 aliphatic carbocycles. The van der Waals surface area contributed by atoms with E-state index in [1.807, 2.05) is 13.0 Å². The molecule has 6 heteroatoms. The Morgan fingerprint density at radius 1 is 1.12 bits per heavy atom. The van der Waals surface area contributed by atoms with Crippen LogP contribution in [-0.2, 0) is 22.6 Å². The quantitative estimate of drug-likeness (QED) is 0.374. The molecule has 0 saturated carbocycles. The number of fused-ring (bicyclic) bond motifs is 1. The summed E-state index contributed by atoms with van der Waals surface area (Å²) in [4.78, 5) is 25.3. The molecule has 0 spiro atoms. The number of esters is 1. The number of phenols is 1. The highest BCUT2D eigenvalue weighted by molar-refractivity contribution is 6.34. The first-order chi connectivity index (χ1) is 15.3. The molecule has 0 bridgehead atoms. The number of carbonyl (C=O) groups excluding carboxylic acids is 2. The fourth-order valence-corrected chi connectivity index (χ4v) is 5.10. The van der Waals surface area contributed by atoms with Crippen molar-refractivity contribution in [1.29, 1.82) is 0 Å². The average molecular weight is 477 g/mol. The van der Waals surface area contributed by atoms with Gasteiger partial charge in [0, 0.05) is 21.5 Å². The van der Waals surface area contributed by atoms with Crippen molar-refractivity contribution in [2.24, 2.45) is 17.8 Å². The molecule has 172 valence electrons. The van der Waals surface area contributed by atoms with Gasteiger partial charge in [0.25, 0.3) is 0 Å². The number of hydrogen-bond acceptors (Lipinski definition) is 4. The number of ketones is 1. The smallest absolute Gasteiger partial charge is 0.308 e. The summed E-state index contributed by atoms with van der Waals surface area (Å²) >= 11 is 12.0. The average Bonchev–Trinajstić information content (AvgIpc) is 3.04. The lowest BCUT2D eigenvalue weighted by atomic mass is 9.84. The topological polar surface area (TPSA) is 63.6 Å². The van der Waals surface area contributed by atoms with Crippen molar-refractivity contribution in [2.75, 3.05) is 0 Å². The Labute approximate surface area is 199 Å². The lowest BCUT2D eigenvalue weighted by molar-refractivity contribution is -0.149. The van der Waals surface area contributed by atoms with Crippen LogP contribution in [0.15, 0.2) is 36.4 Å². The summed E-state index contributed by atoms with van der Waals surface area (Å²) in [5.41, 5.74) is 2.44. The molecule has 0 fully saturated rings. The van der Waals surface area contributed by atoms with Crippen LogP contribution in [0, 0.1) is 17.8 Å². The van der Waals surface area contributed by atoms with Gasteiger partial charge in [0.15, 0.2) is 5.78 Å². The van der Waals surface area contributed by atoms with E-state index < -0.39 is 0 Å². The zero-order chi connectivity index (χ0) is 23.3. The number of carbonyl (C=O) groups is 2. The lowest BCUT2D eigenvalue weighted by Crippen LogP contribution is -2.18. The Morgan fingerprint density at radius 2 is 1.84 bits per heavy atom.